The molecule has 0 radical (unpaired) electrons. The molecule has 3 rings (SSSR count). The van der Waals surface area contributed by atoms with Crippen molar-refractivity contribution in [1.82, 2.24) is 19.6 Å². The van der Waals surface area contributed by atoms with Crippen LogP contribution in [0.4, 0.5) is 0 Å². The zero-order valence-electron chi connectivity index (χ0n) is 8.47. The van der Waals surface area contributed by atoms with Crippen LogP contribution >= 0.6 is 9.39 Å². The number of nitrogens with one attached hydrogen (secondary N) is 2. The summed E-state index contributed by atoms with van der Waals surface area (Å²) in [6.45, 7) is 0. The molecule has 2 aromatic rings. The van der Waals surface area contributed by atoms with Gasteiger partial charge in [0, 0.05) is 11.8 Å². The topological polar surface area (TPSA) is 64.8 Å². The highest BCUT2D eigenvalue weighted by atomic mass is 31.0. The van der Waals surface area contributed by atoms with E-state index in [1.54, 1.807) is 0 Å². The second kappa shape index (κ2) is 3.46. The maximum Gasteiger partial charge on any atom is 0.275 e. The van der Waals surface area contributed by atoms with Crippen molar-refractivity contribution >= 4 is 20.4 Å². The van der Waals surface area contributed by atoms with E-state index in [-0.39, 0.29) is 11.6 Å². The molecule has 2 aromatic heterocycles. The Hall–Kier alpha value is -1.61. The van der Waals surface area contributed by atoms with Gasteiger partial charge in [-0.05, 0) is 22.0 Å². The van der Waals surface area contributed by atoms with Gasteiger partial charge in [0.05, 0.1) is 12.4 Å². The molecule has 1 aliphatic rings. The summed E-state index contributed by atoms with van der Waals surface area (Å²) in [5.41, 5.74) is 2.23. The van der Waals surface area contributed by atoms with Crippen LogP contribution in [-0.4, -0.2) is 19.6 Å². The summed E-state index contributed by atoms with van der Waals surface area (Å²) in [7, 11) is 2.66. The van der Waals surface area contributed by atoms with Crippen molar-refractivity contribution in [3.8, 4) is 0 Å². The van der Waals surface area contributed by atoms with E-state index in [4.69, 9.17) is 0 Å². The van der Waals surface area contributed by atoms with Gasteiger partial charge in [-0.3, -0.25) is 4.79 Å². The van der Waals surface area contributed by atoms with E-state index >= 15 is 0 Å². The van der Waals surface area contributed by atoms with Crippen LogP contribution in [0.3, 0.4) is 0 Å². The average molecular weight is 234 g/mol. The summed E-state index contributed by atoms with van der Waals surface area (Å²) in [6, 6.07) is 0.244. The highest BCUT2D eigenvalue weighted by molar-refractivity contribution is 7.13. The number of aromatic nitrogens is 3. The standard InChI is InChI=1S/C10H11N4OP/c15-10-9-8(12-5-13-10)6(4-11-9)7-2-1-3-14(7)16/h1,3-5,7,11H,2,16H2,(H,12,13,15)/t7-/m0/s1. The van der Waals surface area contributed by atoms with Crippen LogP contribution in [0.15, 0.2) is 29.6 Å². The monoisotopic (exact) mass is 234 g/mol. The van der Waals surface area contributed by atoms with Crippen molar-refractivity contribution < 1.29 is 0 Å². The molecule has 5 nitrogen and oxygen atoms in total. The summed E-state index contributed by atoms with van der Waals surface area (Å²) in [6.07, 6.45) is 8.36. The molecular weight excluding hydrogens is 223 g/mol. The fourth-order valence-electron chi connectivity index (χ4n) is 2.05. The number of fused-ring (bicyclic) bond motifs is 1. The van der Waals surface area contributed by atoms with Gasteiger partial charge in [-0.25, -0.2) is 4.98 Å². The minimum absolute atomic E-state index is 0.127. The number of hydrogen-bond donors (Lipinski definition) is 2. The Morgan fingerprint density at radius 1 is 1.50 bits per heavy atom. The SMILES string of the molecule is O=c1[nH]cnc2c([C@@H]3CC=CN3P)c[nH]c12. The maximum absolute atomic E-state index is 11.5. The predicted molar refractivity (Wildman–Crippen MR) is 64.8 cm³/mol. The summed E-state index contributed by atoms with van der Waals surface area (Å²) in [5.74, 6) is 0. The first kappa shape index (κ1) is 9.60. The molecule has 82 valence electrons. The molecular formula is C10H11N4OP. The minimum Gasteiger partial charge on any atom is -0.355 e. The summed E-state index contributed by atoms with van der Waals surface area (Å²) in [4.78, 5) is 21.3. The average Bonchev–Trinajstić information content (AvgIpc) is 2.84. The molecule has 1 unspecified atom stereocenters. The van der Waals surface area contributed by atoms with Gasteiger partial charge in [0.1, 0.15) is 11.0 Å². The van der Waals surface area contributed by atoms with Crippen LogP contribution in [0.25, 0.3) is 11.0 Å². The zero-order valence-corrected chi connectivity index (χ0v) is 9.63. The first-order valence-electron chi connectivity index (χ1n) is 5.02. The van der Waals surface area contributed by atoms with Crippen LogP contribution in [0, 0.1) is 0 Å². The molecule has 0 bridgehead atoms. The van der Waals surface area contributed by atoms with Crippen LogP contribution in [-0.2, 0) is 0 Å². The van der Waals surface area contributed by atoms with Crippen molar-refractivity contribution in [2.45, 2.75) is 12.5 Å². The van der Waals surface area contributed by atoms with Gasteiger partial charge in [0.25, 0.3) is 5.56 Å². The third kappa shape index (κ3) is 1.28. The lowest BCUT2D eigenvalue weighted by atomic mass is 10.1. The van der Waals surface area contributed by atoms with Crippen LogP contribution < -0.4 is 5.56 Å². The van der Waals surface area contributed by atoms with Crippen molar-refractivity contribution in [1.29, 1.82) is 0 Å². The maximum atomic E-state index is 11.5. The molecule has 3 heterocycles. The molecule has 0 fully saturated rings. The van der Waals surface area contributed by atoms with Crippen LogP contribution in [0.5, 0.6) is 0 Å². The molecule has 0 saturated heterocycles. The molecule has 2 atom stereocenters. The van der Waals surface area contributed by atoms with Gasteiger partial charge in [0.2, 0.25) is 0 Å². The Morgan fingerprint density at radius 2 is 2.38 bits per heavy atom. The van der Waals surface area contributed by atoms with E-state index in [0.717, 1.165) is 17.5 Å². The Kier molecular flexibility index (Phi) is 2.07. The first-order valence-corrected chi connectivity index (χ1v) is 5.53. The van der Waals surface area contributed by atoms with E-state index < -0.39 is 0 Å². The molecule has 0 spiro atoms. The lowest BCUT2D eigenvalue weighted by Crippen LogP contribution is -2.09. The Morgan fingerprint density at radius 3 is 3.12 bits per heavy atom. The van der Waals surface area contributed by atoms with E-state index in [1.807, 2.05) is 17.1 Å². The lowest BCUT2D eigenvalue weighted by molar-refractivity contribution is 0.498. The molecule has 16 heavy (non-hydrogen) atoms. The third-order valence-electron chi connectivity index (χ3n) is 2.85. The molecule has 1 aliphatic heterocycles. The Balaban J connectivity index is 2.18. The van der Waals surface area contributed by atoms with Crippen molar-refractivity contribution in [3.05, 3.63) is 40.7 Å². The summed E-state index contributed by atoms with van der Waals surface area (Å²) < 4.78 is 2.05. The number of H-pyrrole nitrogens is 2. The van der Waals surface area contributed by atoms with Gasteiger partial charge in [0.15, 0.2) is 0 Å². The van der Waals surface area contributed by atoms with Gasteiger partial charge >= 0.3 is 0 Å². The van der Waals surface area contributed by atoms with Gasteiger partial charge in [-0.2, -0.15) is 0 Å². The van der Waals surface area contributed by atoms with E-state index in [0.29, 0.717) is 5.52 Å². The van der Waals surface area contributed by atoms with E-state index in [1.165, 1.54) is 6.33 Å². The Bertz CT molecular complexity index is 615. The molecule has 6 heteroatoms. The van der Waals surface area contributed by atoms with Crippen molar-refractivity contribution in [2.75, 3.05) is 0 Å². The van der Waals surface area contributed by atoms with Gasteiger partial charge in [-0.1, -0.05) is 6.08 Å². The molecule has 2 N–H and O–H groups in total. The largest absolute Gasteiger partial charge is 0.355 e. The zero-order chi connectivity index (χ0) is 11.1. The summed E-state index contributed by atoms with van der Waals surface area (Å²) in [5, 5.41) is 0. The van der Waals surface area contributed by atoms with Crippen molar-refractivity contribution in [2.24, 2.45) is 0 Å². The van der Waals surface area contributed by atoms with E-state index in [9.17, 15) is 4.79 Å². The number of nitrogens with zero attached hydrogens (tertiary/aromatic N) is 2. The highest BCUT2D eigenvalue weighted by Crippen LogP contribution is 2.35. The molecule has 0 amide bonds. The fraction of sp³-hybridized carbons (Fsp3) is 0.200. The lowest BCUT2D eigenvalue weighted by Gasteiger charge is -2.19. The van der Waals surface area contributed by atoms with Crippen molar-refractivity contribution in [3.63, 3.8) is 0 Å². The van der Waals surface area contributed by atoms with E-state index in [2.05, 4.69) is 30.4 Å². The minimum atomic E-state index is -0.127. The molecule has 0 aromatic carbocycles. The quantitative estimate of drug-likeness (QED) is 0.731. The Labute approximate surface area is 93.8 Å². The molecule has 0 aliphatic carbocycles. The van der Waals surface area contributed by atoms with Gasteiger partial charge < -0.3 is 14.6 Å². The van der Waals surface area contributed by atoms with Crippen LogP contribution in [0.1, 0.15) is 18.0 Å². The summed E-state index contributed by atoms with van der Waals surface area (Å²) >= 11 is 0. The first-order chi connectivity index (χ1) is 7.77. The smallest absolute Gasteiger partial charge is 0.275 e. The highest BCUT2D eigenvalue weighted by Gasteiger charge is 2.22. The predicted octanol–water partition coefficient (Wildman–Crippen LogP) is 1.30. The molecule has 0 saturated carbocycles. The fourth-order valence-corrected chi connectivity index (χ4v) is 2.45. The normalized spacial score (nSPS) is 19.8. The number of rotatable bonds is 1. The number of hydrogen-bond acceptors (Lipinski definition) is 3. The third-order valence-corrected chi connectivity index (χ3v) is 3.39. The second-order valence-electron chi connectivity index (χ2n) is 3.78. The van der Waals surface area contributed by atoms with Gasteiger partial charge in [-0.15, -0.1) is 0 Å². The number of aromatic amines is 2. The second-order valence-corrected chi connectivity index (χ2v) is 4.38. The van der Waals surface area contributed by atoms with Crippen LogP contribution in [0.2, 0.25) is 0 Å².